The van der Waals surface area contributed by atoms with Crippen LogP contribution in [-0.4, -0.2) is 71.0 Å². The van der Waals surface area contributed by atoms with Crippen LogP contribution in [0.15, 0.2) is 43.0 Å². The zero-order valence-electron chi connectivity index (χ0n) is 14.8. The molecule has 1 aliphatic rings. The van der Waals surface area contributed by atoms with E-state index in [4.69, 9.17) is 4.74 Å². The van der Waals surface area contributed by atoms with Gasteiger partial charge < -0.3 is 30.5 Å². The molecule has 0 radical (unpaired) electrons. The molecule has 0 bridgehead atoms. The molecule has 1 saturated heterocycles. The number of aliphatic hydroxyl groups excluding tert-OH is 4. The first-order valence-corrected chi connectivity index (χ1v) is 8.86. The van der Waals surface area contributed by atoms with E-state index in [0.717, 1.165) is 5.56 Å². The van der Waals surface area contributed by atoms with E-state index in [1.54, 1.807) is 0 Å². The van der Waals surface area contributed by atoms with Gasteiger partial charge in [-0.15, -0.1) is 0 Å². The lowest BCUT2D eigenvalue weighted by Gasteiger charge is -2.40. The number of nitrogens with zero attached hydrogens (tertiary/aromatic N) is 4. The van der Waals surface area contributed by atoms with Crippen LogP contribution in [-0.2, 0) is 11.3 Å². The van der Waals surface area contributed by atoms with E-state index in [9.17, 15) is 20.4 Å². The molecule has 5 atom stereocenters. The predicted molar refractivity (Wildman–Crippen MR) is 98.1 cm³/mol. The van der Waals surface area contributed by atoms with E-state index in [1.165, 1.54) is 17.2 Å². The Labute approximate surface area is 160 Å². The van der Waals surface area contributed by atoms with E-state index in [2.05, 4.69) is 20.3 Å². The first kappa shape index (κ1) is 18.7. The van der Waals surface area contributed by atoms with Crippen LogP contribution in [0.25, 0.3) is 11.2 Å². The van der Waals surface area contributed by atoms with Crippen molar-refractivity contribution in [2.45, 2.75) is 37.2 Å². The van der Waals surface area contributed by atoms with E-state index < -0.39 is 37.3 Å². The number of fused-ring (bicyclic) bond motifs is 1. The molecule has 10 heteroatoms. The molecule has 0 aliphatic carbocycles. The molecular weight excluding hydrogens is 366 g/mol. The summed E-state index contributed by atoms with van der Waals surface area (Å²) in [5, 5.41) is 42.9. The zero-order chi connectivity index (χ0) is 19.7. The van der Waals surface area contributed by atoms with Crippen molar-refractivity contribution in [2.24, 2.45) is 0 Å². The van der Waals surface area contributed by atoms with Gasteiger partial charge in [0.05, 0.1) is 12.9 Å². The van der Waals surface area contributed by atoms with Crippen molar-refractivity contribution in [1.82, 2.24) is 19.5 Å². The van der Waals surface area contributed by atoms with Crippen molar-refractivity contribution in [2.75, 3.05) is 11.9 Å². The van der Waals surface area contributed by atoms with Gasteiger partial charge in [0.1, 0.15) is 30.7 Å². The van der Waals surface area contributed by atoms with Crippen LogP contribution in [0.2, 0.25) is 0 Å². The molecule has 1 aromatic carbocycles. The number of hydrogen-bond donors (Lipinski definition) is 5. The Morgan fingerprint density at radius 1 is 1.00 bits per heavy atom. The predicted octanol–water partition coefficient (Wildman–Crippen LogP) is -0.589. The Bertz CT molecular complexity index is 935. The fourth-order valence-electron chi connectivity index (χ4n) is 3.26. The van der Waals surface area contributed by atoms with Crippen LogP contribution >= 0.6 is 0 Å². The number of ether oxygens (including phenoxy) is 1. The maximum Gasteiger partial charge on any atom is 0.167 e. The minimum absolute atomic E-state index is 0.384. The number of anilines is 1. The lowest BCUT2D eigenvalue weighted by Crippen LogP contribution is -2.56. The van der Waals surface area contributed by atoms with E-state index in [0.29, 0.717) is 23.5 Å². The van der Waals surface area contributed by atoms with Gasteiger partial charge in [-0.05, 0) is 5.56 Å². The average Bonchev–Trinajstić information content (AvgIpc) is 3.16. The van der Waals surface area contributed by atoms with E-state index >= 15 is 0 Å². The molecule has 28 heavy (non-hydrogen) atoms. The van der Waals surface area contributed by atoms with Gasteiger partial charge in [-0.2, -0.15) is 0 Å². The van der Waals surface area contributed by atoms with Crippen LogP contribution in [0.3, 0.4) is 0 Å². The monoisotopic (exact) mass is 387 g/mol. The normalized spacial score (nSPS) is 27.8. The first-order valence-electron chi connectivity index (χ1n) is 8.86. The highest BCUT2D eigenvalue weighted by Gasteiger charge is 2.44. The van der Waals surface area contributed by atoms with Crippen molar-refractivity contribution >= 4 is 17.0 Å². The van der Waals surface area contributed by atoms with Gasteiger partial charge in [0.25, 0.3) is 0 Å². The quantitative estimate of drug-likeness (QED) is 0.388. The molecule has 10 nitrogen and oxygen atoms in total. The smallest absolute Gasteiger partial charge is 0.167 e. The molecule has 148 valence electrons. The SMILES string of the molecule is OCC1OC(n2cnc3c(NCc4ccccc4)ncnc32)C(O)C(O)C1O. The highest BCUT2D eigenvalue weighted by atomic mass is 16.6. The Hall–Kier alpha value is -2.63. The summed E-state index contributed by atoms with van der Waals surface area (Å²) in [5.74, 6) is 0.511. The summed E-state index contributed by atoms with van der Waals surface area (Å²) in [7, 11) is 0. The molecule has 1 aliphatic heterocycles. The van der Waals surface area contributed by atoms with Gasteiger partial charge >= 0.3 is 0 Å². The molecule has 0 saturated carbocycles. The highest BCUT2D eigenvalue weighted by Crippen LogP contribution is 2.31. The molecule has 0 amide bonds. The Morgan fingerprint density at radius 3 is 2.54 bits per heavy atom. The van der Waals surface area contributed by atoms with Crippen molar-refractivity contribution in [3.8, 4) is 0 Å². The van der Waals surface area contributed by atoms with Crippen molar-refractivity contribution in [1.29, 1.82) is 0 Å². The summed E-state index contributed by atoms with van der Waals surface area (Å²) in [6.45, 7) is 0.0345. The third-order valence-corrected chi connectivity index (χ3v) is 4.80. The zero-order valence-corrected chi connectivity index (χ0v) is 14.8. The number of rotatable bonds is 5. The number of nitrogens with one attached hydrogen (secondary N) is 1. The molecule has 3 heterocycles. The summed E-state index contributed by atoms with van der Waals surface area (Å²) in [6.07, 6.45) is -3.64. The fourth-order valence-corrected chi connectivity index (χ4v) is 3.26. The molecule has 1 fully saturated rings. The summed E-state index contributed by atoms with van der Waals surface area (Å²) in [4.78, 5) is 12.8. The molecule has 4 rings (SSSR count). The van der Waals surface area contributed by atoms with Crippen LogP contribution in [0.1, 0.15) is 11.8 Å². The molecular formula is C18H21N5O5. The molecule has 2 aromatic heterocycles. The minimum Gasteiger partial charge on any atom is -0.394 e. The maximum absolute atomic E-state index is 10.3. The maximum atomic E-state index is 10.3. The first-order chi connectivity index (χ1) is 13.6. The molecule has 5 unspecified atom stereocenters. The highest BCUT2D eigenvalue weighted by molar-refractivity contribution is 5.82. The van der Waals surface area contributed by atoms with Crippen LogP contribution in [0.4, 0.5) is 5.82 Å². The third kappa shape index (κ3) is 3.32. The van der Waals surface area contributed by atoms with Crippen LogP contribution < -0.4 is 5.32 Å². The number of aliphatic hydroxyl groups is 4. The van der Waals surface area contributed by atoms with Crippen LogP contribution in [0.5, 0.6) is 0 Å². The number of imidazole rings is 1. The number of hydrogen-bond acceptors (Lipinski definition) is 9. The molecule has 0 spiro atoms. The van der Waals surface area contributed by atoms with Crippen molar-refractivity contribution in [3.63, 3.8) is 0 Å². The van der Waals surface area contributed by atoms with E-state index in [-0.39, 0.29) is 0 Å². The second-order valence-corrected chi connectivity index (χ2v) is 6.60. The number of aromatic nitrogens is 4. The van der Waals surface area contributed by atoms with Gasteiger partial charge in [0.2, 0.25) is 0 Å². The summed E-state index contributed by atoms with van der Waals surface area (Å²) < 4.78 is 7.04. The summed E-state index contributed by atoms with van der Waals surface area (Å²) in [5.41, 5.74) is 1.92. The molecule has 3 aromatic rings. The van der Waals surface area contributed by atoms with Gasteiger partial charge in [0, 0.05) is 6.54 Å². The van der Waals surface area contributed by atoms with Gasteiger partial charge in [-0.1, -0.05) is 30.3 Å². The topological polar surface area (TPSA) is 146 Å². The lowest BCUT2D eigenvalue weighted by molar-refractivity contribution is -0.250. The second-order valence-electron chi connectivity index (χ2n) is 6.60. The Morgan fingerprint density at radius 2 is 1.79 bits per heavy atom. The van der Waals surface area contributed by atoms with Gasteiger partial charge in [-0.25, -0.2) is 15.0 Å². The lowest BCUT2D eigenvalue weighted by atomic mass is 9.98. The van der Waals surface area contributed by atoms with Crippen molar-refractivity contribution in [3.05, 3.63) is 48.5 Å². The third-order valence-electron chi connectivity index (χ3n) is 4.80. The minimum atomic E-state index is -1.48. The van der Waals surface area contributed by atoms with Crippen molar-refractivity contribution < 1.29 is 25.2 Å². The molecule has 5 N–H and O–H groups in total. The largest absolute Gasteiger partial charge is 0.394 e. The Balaban J connectivity index is 1.62. The summed E-state index contributed by atoms with van der Waals surface area (Å²) >= 11 is 0. The second kappa shape index (κ2) is 7.78. The van der Waals surface area contributed by atoms with Gasteiger partial charge in [-0.3, -0.25) is 4.57 Å². The summed E-state index contributed by atoms with van der Waals surface area (Å²) in [6, 6.07) is 9.80. The van der Waals surface area contributed by atoms with Gasteiger partial charge in [0.15, 0.2) is 23.2 Å². The standard InChI is InChI=1S/C18H21N5O5/c24-7-11-13(25)14(26)15(27)18(28-11)23-9-22-12-16(20-8-21-17(12)23)19-6-10-4-2-1-3-5-10/h1-5,8-9,11,13-15,18,24-27H,6-7H2,(H,19,20,21). The average molecular weight is 387 g/mol. The van der Waals surface area contributed by atoms with E-state index in [1.807, 2.05) is 30.3 Å². The van der Waals surface area contributed by atoms with Crippen LogP contribution in [0, 0.1) is 0 Å². The fraction of sp³-hybridized carbons (Fsp3) is 0.389. The Kier molecular flexibility index (Phi) is 5.20. The number of benzene rings is 1.